The summed E-state index contributed by atoms with van der Waals surface area (Å²) >= 11 is 12.6. The van der Waals surface area contributed by atoms with E-state index in [9.17, 15) is 19.2 Å². The van der Waals surface area contributed by atoms with Crippen molar-refractivity contribution < 1.29 is 24.3 Å². The predicted octanol–water partition coefficient (Wildman–Crippen LogP) is 5.92. The number of benzene rings is 3. The first kappa shape index (κ1) is 25.6. The van der Waals surface area contributed by atoms with E-state index in [4.69, 9.17) is 28.9 Å². The van der Waals surface area contributed by atoms with E-state index in [1.54, 1.807) is 42.5 Å². The predicted molar refractivity (Wildman–Crippen MR) is 148 cm³/mol. The number of carbonyl (C=O) groups is 4. The van der Waals surface area contributed by atoms with Crippen LogP contribution in [0.25, 0.3) is 10.2 Å². The van der Waals surface area contributed by atoms with E-state index in [1.165, 1.54) is 22.3 Å². The molecule has 192 valence electrons. The highest BCUT2D eigenvalue weighted by atomic mass is 35.5. The van der Waals surface area contributed by atoms with Gasteiger partial charge in [-0.25, -0.2) is 4.79 Å². The molecule has 2 heterocycles. The maximum atomic E-state index is 13.5. The van der Waals surface area contributed by atoms with E-state index < -0.39 is 23.8 Å². The van der Waals surface area contributed by atoms with E-state index in [0.29, 0.717) is 25.9 Å². The van der Waals surface area contributed by atoms with Crippen LogP contribution in [0.15, 0.2) is 60.7 Å². The van der Waals surface area contributed by atoms with Crippen LogP contribution in [-0.4, -0.2) is 45.3 Å². The number of hydrogen-bond donors (Lipinski definition) is 3. The number of carbonyl (C=O) groups excluding carboxylic acids is 3. The molecule has 0 spiro atoms. The average molecular weight is 567 g/mol. The van der Waals surface area contributed by atoms with E-state index in [1.807, 2.05) is 12.1 Å². The number of anilines is 2. The zero-order valence-electron chi connectivity index (χ0n) is 19.6. The second-order valence-corrected chi connectivity index (χ2v) is 10.7. The number of nitrogens with zero attached hydrogens (tertiary/aromatic N) is 2. The molecule has 0 saturated heterocycles. The van der Waals surface area contributed by atoms with Gasteiger partial charge in [-0.3, -0.25) is 24.2 Å². The van der Waals surface area contributed by atoms with Gasteiger partial charge >= 0.3 is 12.0 Å². The molecule has 0 saturated carbocycles. The van der Waals surface area contributed by atoms with Gasteiger partial charge in [-0.05, 0) is 72.4 Å². The van der Waals surface area contributed by atoms with Crippen molar-refractivity contribution in [1.29, 1.82) is 0 Å². The van der Waals surface area contributed by atoms with Crippen LogP contribution in [0.4, 0.5) is 16.2 Å². The molecular weight excluding hydrogens is 548 g/mol. The fourth-order valence-electron chi connectivity index (χ4n) is 4.14. The Bertz CT molecular complexity index is 1660. The lowest BCUT2D eigenvalue weighted by atomic mass is 10.1. The van der Waals surface area contributed by atoms with E-state index >= 15 is 0 Å². The van der Waals surface area contributed by atoms with Gasteiger partial charge in [0.15, 0.2) is 3.95 Å². The van der Waals surface area contributed by atoms with Crippen LogP contribution in [0.1, 0.15) is 32.7 Å². The zero-order valence-corrected chi connectivity index (χ0v) is 22.0. The molecule has 38 heavy (non-hydrogen) atoms. The van der Waals surface area contributed by atoms with E-state index in [0.717, 1.165) is 15.1 Å². The molecule has 0 unspecified atom stereocenters. The number of hydrogen-bond acceptors (Lipinski definition) is 6. The third-order valence-corrected chi connectivity index (χ3v) is 7.43. The molecule has 3 N–H and O–H groups in total. The summed E-state index contributed by atoms with van der Waals surface area (Å²) in [5.41, 5.74) is 2.99. The van der Waals surface area contributed by atoms with Crippen LogP contribution in [0.2, 0.25) is 5.02 Å². The Kier molecular flexibility index (Phi) is 6.98. The second kappa shape index (κ2) is 10.4. The summed E-state index contributed by atoms with van der Waals surface area (Å²) < 4.78 is 1.49. The molecule has 4 aromatic rings. The molecule has 1 aromatic heterocycles. The SMILES string of the molecule is O=C(O)CCN1C(=O)c2ccc(CN(C(=O)Nc3ccc(Cl)cc3)c3ccc4[nH]c(=S)sc4c3)cc2C1=O. The molecular formula is C26H19ClN4O5S2. The molecule has 1 aliphatic heterocycles. The maximum absolute atomic E-state index is 13.5. The number of aromatic nitrogens is 1. The molecule has 12 heteroatoms. The Hall–Kier alpha value is -4.06. The molecule has 4 amide bonds. The first-order valence-corrected chi connectivity index (χ1v) is 13.0. The maximum Gasteiger partial charge on any atom is 0.326 e. The molecule has 5 rings (SSSR count). The smallest absolute Gasteiger partial charge is 0.326 e. The number of imide groups is 1. The Balaban J connectivity index is 1.47. The van der Waals surface area contributed by atoms with Crippen molar-refractivity contribution in [2.24, 2.45) is 0 Å². The lowest BCUT2D eigenvalue weighted by molar-refractivity contribution is -0.137. The number of aliphatic carboxylic acids is 1. The van der Waals surface area contributed by atoms with Crippen molar-refractivity contribution in [2.75, 3.05) is 16.8 Å². The van der Waals surface area contributed by atoms with Gasteiger partial charge in [0.05, 0.1) is 34.3 Å². The number of nitrogens with one attached hydrogen (secondary N) is 2. The first-order valence-electron chi connectivity index (χ1n) is 11.4. The molecule has 0 bridgehead atoms. The van der Waals surface area contributed by atoms with Gasteiger partial charge in [-0.15, -0.1) is 11.3 Å². The van der Waals surface area contributed by atoms with Gasteiger partial charge in [0.1, 0.15) is 0 Å². The van der Waals surface area contributed by atoms with Crippen molar-refractivity contribution in [3.63, 3.8) is 0 Å². The number of fused-ring (bicyclic) bond motifs is 2. The third kappa shape index (κ3) is 5.17. The number of aromatic amines is 1. The largest absolute Gasteiger partial charge is 0.481 e. The molecule has 3 aromatic carbocycles. The quantitative estimate of drug-likeness (QED) is 0.188. The number of thiazole rings is 1. The van der Waals surface area contributed by atoms with Gasteiger partial charge in [0.2, 0.25) is 0 Å². The summed E-state index contributed by atoms with van der Waals surface area (Å²) in [7, 11) is 0. The zero-order chi connectivity index (χ0) is 27.0. The Morgan fingerprint density at radius 1 is 1.03 bits per heavy atom. The van der Waals surface area contributed by atoms with Crippen LogP contribution in [0.5, 0.6) is 0 Å². The standard InChI is InChI=1S/C26H19ClN4O5S2/c27-15-2-4-16(5-3-15)28-25(36)31(17-6-8-20-21(12-17)38-26(37)29-20)13-14-1-7-18-19(11-14)24(35)30(23(18)34)10-9-22(32)33/h1-8,11-12H,9-10,13H2,(H,28,36)(H,29,37)(H,32,33). The Morgan fingerprint density at radius 3 is 2.50 bits per heavy atom. The van der Waals surface area contributed by atoms with Crippen molar-refractivity contribution in [3.05, 3.63) is 86.3 Å². The molecule has 1 aliphatic rings. The highest BCUT2D eigenvalue weighted by Crippen LogP contribution is 2.29. The summed E-state index contributed by atoms with van der Waals surface area (Å²) in [6, 6.07) is 16.5. The summed E-state index contributed by atoms with van der Waals surface area (Å²) in [5.74, 6) is -2.19. The van der Waals surface area contributed by atoms with Gasteiger partial charge in [0.25, 0.3) is 11.8 Å². The molecule has 0 fully saturated rings. The van der Waals surface area contributed by atoms with Gasteiger partial charge in [0, 0.05) is 22.9 Å². The number of rotatable bonds is 7. The number of halogens is 1. The number of carboxylic acid groups (broad SMARTS) is 1. The minimum Gasteiger partial charge on any atom is -0.481 e. The number of carboxylic acids is 1. The highest BCUT2D eigenvalue weighted by Gasteiger charge is 2.35. The van der Waals surface area contributed by atoms with Crippen LogP contribution < -0.4 is 10.2 Å². The summed E-state index contributed by atoms with van der Waals surface area (Å²) in [6.45, 7) is -0.125. The molecule has 0 atom stereocenters. The van der Waals surface area contributed by atoms with Gasteiger partial charge in [-0.2, -0.15) is 0 Å². The van der Waals surface area contributed by atoms with Crippen molar-refractivity contribution in [2.45, 2.75) is 13.0 Å². The van der Waals surface area contributed by atoms with Crippen molar-refractivity contribution in [1.82, 2.24) is 9.88 Å². The van der Waals surface area contributed by atoms with Crippen LogP contribution in [-0.2, 0) is 11.3 Å². The van der Waals surface area contributed by atoms with E-state index in [-0.39, 0.29) is 30.6 Å². The van der Waals surface area contributed by atoms with Gasteiger partial charge < -0.3 is 15.4 Å². The minimum absolute atomic E-state index is 0.0879. The number of H-pyrrole nitrogens is 1. The fourth-order valence-corrected chi connectivity index (χ4v) is 5.41. The fraction of sp³-hybridized carbons (Fsp3) is 0.115. The number of amides is 4. The van der Waals surface area contributed by atoms with Crippen molar-refractivity contribution in [3.8, 4) is 0 Å². The van der Waals surface area contributed by atoms with Crippen LogP contribution >= 0.6 is 35.2 Å². The third-order valence-electron chi connectivity index (χ3n) is 5.98. The summed E-state index contributed by atoms with van der Waals surface area (Å²) in [4.78, 5) is 55.5. The van der Waals surface area contributed by atoms with Gasteiger partial charge in [-0.1, -0.05) is 17.7 Å². The monoisotopic (exact) mass is 566 g/mol. The first-order chi connectivity index (χ1) is 18.2. The Labute approximate surface area is 230 Å². The molecule has 9 nitrogen and oxygen atoms in total. The summed E-state index contributed by atoms with van der Waals surface area (Å²) in [6.07, 6.45) is -0.342. The van der Waals surface area contributed by atoms with E-state index in [2.05, 4.69) is 10.3 Å². The topological polar surface area (TPSA) is 123 Å². The molecule has 0 radical (unpaired) electrons. The van der Waals surface area contributed by atoms with Crippen molar-refractivity contribution >= 4 is 80.6 Å². The average Bonchev–Trinajstić information content (AvgIpc) is 3.37. The second-order valence-electron chi connectivity index (χ2n) is 8.50. The Morgan fingerprint density at radius 2 is 1.76 bits per heavy atom. The van der Waals surface area contributed by atoms with Crippen LogP contribution in [0.3, 0.4) is 0 Å². The highest BCUT2D eigenvalue weighted by molar-refractivity contribution is 7.73. The normalized spacial score (nSPS) is 12.6. The lowest BCUT2D eigenvalue weighted by Crippen LogP contribution is -2.34. The minimum atomic E-state index is -1.10. The lowest BCUT2D eigenvalue weighted by Gasteiger charge is -2.24. The van der Waals surface area contributed by atoms with Crippen LogP contribution in [0, 0.1) is 3.95 Å². The summed E-state index contributed by atoms with van der Waals surface area (Å²) in [5, 5.41) is 12.3. The number of urea groups is 1. The molecule has 0 aliphatic carbocycles.